The van der Waals surface area contributed by atoms with Crippen LogP contribution in [-0.4, -0.2) is 11.5 Å². The molecular formula is C16H19N3. The number of para-hydroxylation sites is 1. The van der Waals surface area contributed by atoms with Crippen LogP contribution in [0.4, 0.5) is 11.5 Å². The second-order valence-corrected chi connectivity index (χ2v) is 5.02. The van der Waals surface area contributed by atoms with Gasteiger partial charge in [-0.25, -0.2) is 4.98 Å². The molecule has 98 valence electrons. The fourth-order valence-corrected chi connectivity index (χ4v) is 2.81. The molecule has 0 spiro atoms. The number of nitrogens with zero attached hydrogens (tertiary/aromatic N) is 2. The quantitative estimate of drug-likeness (QED) is 0.894. The Hall–Kier alpha value is -1.87. The number of aromatic nitrogens is 1. The second kappa shape index (κ2) is 5.02. The Bertz CT molecular complexity index is 592. The summed E-state index contributed by atoms with van der Waals surface area (Å²) >= 11 is 0. The lowest BCUT2D eigenvalue weighted by Crippen LogP contribution is -2.27. The van der Waals surface area contributed by atoms with Crippen LogP contribution in [0.25, 0.3) is 0 Å². The van der Waals surface area contributed by atoms with E-state index in [4.69, 9.17) is 5.73 Å². The predicted molar refractivity (Wildman–Crippen MR) is 78.6 cm³/mol. The van der Waals surface area contributed by atoms with Gasteiger partial charge in [0, 0.05) is 30.5 Å². The van der Waals surface area contributed by atoms with Gasteiger partial charge in [-0.05, 0) is 43.0 Å². The van der Waals surface area contributed by atoms with E-state index in [-0.39, 0.29) is 0 Å². The van der Waals surface area contributed by atoms with Crippen LogP contribution in [0.15, 0.2) is 36.5 Å². The largest absolute Gasteiger partial charge is 0.326 e. The molecule has 0 saturated heterocycles. The molecule has 0 fully saturated rings. The van der Waals surface area contributed by atoms with Gasteiger partial charge in [0.15, 0.2) is 0 Å². The van der Waals surface area contributed by atoms with Crippen LogP contribution in [0.3, 0.4) is 0 Å². The Labute approximate surface area is 114 Å². The number of hydrogen-bond donors (Lipinski definition) is 1. The summed E-state index contributed by atoms with van der Waals surface area (Å²) in [5, 5.41) is 0. The first-order valence-corrected chi connectivity index (χ1v) is 6.81. The zero-order chi connectivity index (χ0) is 13.2. The van der Waals surface area contributed by atoms with Crippen LogP contribution >= 0.6 is 0 Å². The van der Waals surface area contributed by atoms with Gasteiger partial charge in [-0.3, -0.25) is 0 Å². The first-order valence-electron chi connectivity index (χ1n) is 6.81. The maximum Gasteiger partial charge on any atom is 0.137 e. The van der Waals surface area contributed by atoms with Crippen molar-refractivity contribution in [1.82, 2.24) is 4.98 Å². The SMILES string of the molecule is Cc1ccnc(N2CCCc3ccccc32)c1CN. The molecule has 0 bridgehead atoms. The van der Waals surface area contributed by atoms with Gasteiger partial charge in [-0.15, -0.1) is 0 Å². The molecule has 1 aliphatic heterocycles. The first-order chi connectivity index (χ1) is 9.31. The van der Waals surface area contributed by atoms with E-state index in [9.17, 15) is 0 Å². The summed E-state index contributed by atoms with van der Waals surface area (Å²) in [6.45, 7) is 3.65. The third-order valence-electron chi connectivity index (χ3n) is 3.84. The predicted octanol–water partition coefficient (Wildman–Crippen LogP) is 2.93. The molecule has 19 heavy (non-hydrogen) atoms. The molecule has 0 aliphatic carbocycles. The minimum atomic E-state index is 0.535. The average Bonchev–Trinajstić information content (AvgIpc) is 2.46. The molecule has 0 radical (unpaired) electrons. The minimum Gasteiger partial charge on any atom is -0.326 e. The maximum atomic E-state index is 5.91. The van der Waals surface area contributed by atoms with E-state index in [1.165, 1.54) is 16.8 Å². The Morgan fingerprint density at radius 1 is 1.26 bits per heavy atom. The molecule has 0 amide bonds. The van der Waals surface area contributed by atoms with Gasteiger partial charge in [0.05, 0.1) is 0 Å². The molecule has 3 rings (SSSR count). The van der Waals surface area contributed by atoms with Gasteiger partial charge in [-0.2, -0.15) is 0 Å². The molecule has 2 aromatic rings. The molecule has 3 nitrogen and oxygen atoms in total. The summed E-state index contributed by atoms with van der Waals surface area (Å²) in [6.07, 6.45) is 4.19. The van der Waals surface area contributed by atoms with Crippen LogP contribution < -0.4 is 10.6 Å². The van der Waals surface area contributed by atoms with Crippen LogP contribution in [0.2, 0.25) is 0 Å². The van der Waals surface area contributed by atoms with E-state index in [1.54, 1.807) is 0 Å². The fraction of sp³-hybridized carbons (Fsp3) is 0.312. The van der Waals surface area contributed by atoms with Crippen molar-refractivity contribution in [2.45, 2.75) is 26.3 Å². The van der Waals surface area contributed by atoms with E-state index in [1.807, 2.05) is 12.3 Å². The standard InChI is InChI=1S/C16H19N3/c1-12-8-9-18-16(14(12)11-17)19-10-4-6-13-5-2-3-7-15(13)19/h2-3,5,7-9H,4,6,10-11,17H2,1H3. The van der Waals surface area contributed by atoms with E-state index >= 15 is 0 Å². The van der Waals surface area contributed by atoms with E-state index in [2.05, 4.69) is 41.1 Å². The molecule has 0 saturated carbocycles. The van der Waals surface area contributed by atoms with Crippen molar-refractivity contribution in [1.29, 1.82) is 0 Å². The van der Waals surface area contributed by atoms with E-state index < -0.39 is 0 Å². The van der Waals surface area contributed by atoms with Crippen molar-refractivity contribution in [2.75, 3.05) is 11.4 Å². The highest BCUT2D eigenvalue weighted by atomic mass is 15.2. The lowest BCUT2D eigenvalue weighted by atomic mass is 10.0. The van der Waals surface area contributed by atoms with Crippen LogP contribution in [0.5, 0.6) is 0 Å². The lowest BCUT2D eigenvalue weighted by Gasteiger charge is -2.32. The number of aryl methyl sites for hydroxylation is 2. The monoisotopic (exact) mass is 253 g/mol. The van der Waals surface area contributed by atoms with Crippen molar-refractivity contribution in [3.8, 4) is 0 Å². The third-order valence-corrected chi connectivity index (χ3v) is 3.84. The van der Waals surface area contributed by atoms with Crippen LogP contribution in [0, 0.1) is 6.92 Å². The molecule has 0 unspecified atom stereocenters. The summed E-state index contributed by atoms with van der Waals surface area (Å²) in [5.74, 6) is 1.02. The van der Waals surface area contributed by atoms with E-state index in [0.29, 0.717) is 6.54 Å². The molecule has 1 aromatic carbocycles. The Balaban J connectivity index is 2.12. The van der Waals surface area contributed by atoms with Gasteiger partial charge in [0.25, 0.3) is 0 Å². The van der Waals surface area contributed by atoms with Gasteiger partial charge in [0.2, 0.25) is 0 Å². The van der Waals surface area contributed by atoms with Gasteiger partial charge in [0.1, 0.15) is 5.82 Å². The van der Waals surface area contributed by atoms with Crippen LogP contribution in [0.1, 0.15) is 23.1 Å². The van der Waals surface area contributed by atoms with Gasteiger partial charge < -0.3 is 10.6 Å². The number of pyridine rings is 1. The fourth-order valence-electron chi connectivity index (χ4n) is 2.81. The van der Waals surface area contributed by atoms with Crippen molar-refractivity contribution >= 4 is 11.5 Å². The van der Waals surface area contributed by atoms with Crippen molar-refractivity contribution in [3.05, 3.63) is 53.2 Å². The third kappa shape index (κ3) is 2.10. The highest BCUT2D eigenvalue weighted by molar-refractivity contribution is 5.68. The topological polar surface area (TPSA) is 42.2 Å². The summed E-state index contributed by atoms with van der Waals surface area (Å²) < 4.78 is 0. The molecule has 0 atom stereocenters. The molecule has 1 aromatic heterocycles. The van der Waals surface area contributed by atoms with Crippen LogP contribution in [-0.2, 0) is 13.0 Å². The van der Waals surface area contributed by atoms with Gasteiger partial charge in [-0.1, -0.05) is 18.2 Å². The molecule has 1 aliphatic rings. The maximum absolute atomic E-state index is 5.91. The summed E-state index contributed by atoms with van der Waals surface area (Å²) in [7, 11) is 0. The smallest absolute Gasteiger partial charge is 0.137 e. The average molecular weight is 253 g/mol. The minimum absolute atomic E-state index is 0.535. The lowest BCUT2D eigenvalue weighted by molar-refractivity contribution is 0.754. The highest BCUT2D eigenvalue weighted by Gasteiger charge is 2.21. The summed E-state index contributed by atoms with van der Waals surface area (Å²) in [5.41, 5.74) is 11.0. The Morgan fingerprint density at radius 2 is 2.11 bits per heavy atom. The number of fused-ring (bicyclic) bond motifs is 1. The Kier molecular flexibility index (Phi) is 3.22. The molecule has 2 heterocycles. The first kappa shape index (κ1) is 12.2. The Morgan fingerprint density at radius 3 is 2.95 bits per heavy atom. The van der Waals surface area contributed by atoms with Crippen molar-refractivity contribution in [3.63, 3.8) is 0 Å². The summed E-state index contributed by atoms with van der Waals surface area (Å²) in [6, 6.07) is 10.6. The molecular weight excluding hydrogens is 234 g/mol. The molecule has 2 N–H and O–H groups in total. The zero-order valence-corrected chi connectivity index (χ0v) is 11.3. The van der Waals surface area contributed by atoms with Crippen molar-refractivity contribution < 1.29 is 0 Å². The summed E-state index contributed by atoms with van der Waals surface area (Å²) in [4.78, 5) is 6.89. The molecule has 3 heteroatoms. The number of rotatable bonds is 2. The van der Waals surface area contributed by atoms with Gasteiger partial charge >= 0.3 is 0 Å². The normalized spacial score (nSPS) is 14.3. The second-order valence-electron chi connectivity index (χ2n) is 5.02. The number of hydrogen-bond acceptors (Lipinski definition) is 3. The van der Waals surface area contributed by atoms with Crippen molar-refractivity contribution in [2.24, 2.45) is 5.73 Å². The zero-order valence-electron chi connectivity index (χ0n) is 11.3. The highest BCUT2D eigenvalue weighted by Crippen LogP contribution is 2.34. The van der Waals surface area contributed by atoms with E-state index in [0.717, 1.165) is 30.8 Å². The number of benzene rings is 1. The number of nitrogens with two attached hydrogens (primary N) is 1. The number of anilines is 2.